The van der Waals surface area contributed by atoms with Crippen LogP contribution in [0.3, 0.4) is 0 Å². The van der Waals surface area contributed by atoms with E-state index in [9.17, 15) is 9.90 Å². The van der Waals surface area contributed by atoms with Crippen LogP contribution in [0.4, 0.5) is 17.5 Å². The summed E-state index contributed by atoms with van der Waals surface area (Å²) in [4.78, 5) is 23.8. The molecule has 0 amide bonds. The number of nitrogen functional groups attached to an aromatic ring is 1. The van der Waals surface area contributed by atoms with Gasteiger partial charge in [-0.2, -0.15) is 5.10 Å². The number of nitrogens with one attached hydrogen (secondary N) is 1. The number of carboxylic acid groups (broad SMARTS) is 1. The zero-order valence-electron chi connectivity index (χ0n) is 13.7. The monoisotopic (exact) mass is 381 g/mol. The molecule has 0 fully saturated rings. The summed E-state index contributed by atoms with van der Waals surface area (Å²) in [6.07, 6.45) is 4.57. The molecule has 4 rings (SSSR count). The second-order valence-electron chi connectivity index (χ2n) is 5.56. The van der Waals surface area contributed by atoms with E-state index in [-0.39, 0.29) is 16.3 Å². The van der Waals surface area contributed by atoms with Crippen LogP contribution in [0.5, 0.6) is 0 Å². The minimum Gasteiger partial charge on any atom is -0.478 e. The fraction of sp³-hybridized carbons (Fsp3) is 0. The van der Waals surface area contributed by atoms with E-state index >= 15 is 0 Å². The summed E-state index contributed by atoms with van der Waals surface area (Å²) < 4.78 is 1.43. The lowest BCUT2D eigenvalue weighted by molar-refractivity contribution is 0.0696. The maximum Gasteiger partial charge on any atom is 0.337 e. The molecule has 10 heteroatoms. The molecule has 0 unspecified atom stereocenters. The Morgan fingerprint density at radius 1 is 1.22 bits per heavy atom. The summed E-state index contributed by atoms with van der Waals surface area (Å²) in [5.74, 6) is 0.178. The molecule has 27 heavy (non-hydrogen) atoms. The standard InChI is InChI=1S/C17H12ClN7O2/c18-11-3-1-2-9(17(26)27)15(11)25-7-10-12(24-25)4-5-20-16(10)23-14-6-13(19)21-8-22-14/h1-8H,(H,26,27)(H3,19,20,21,22,23). The molecule has 0 aliphatic carbocycles. The second kappa shape index (κ2) is 6.54. The average Bonchev–Trinajstić information content (AvgIpc) is 3.06. The van der Waals surface area contributed by atoms with Gasteiger partial charge in [-0.3, -0.25) is 0 Å². The number of hydrogen-bond donors (Lipinski definition) is 3. The van der Waals surface area contributed by atoms with Crippen molar-refractivity contribution in [2.24, 2.45) is 0 Å². The molecule has 0 aliphatic rings. The van der Waals surface area contributed by atoms with Gasteiger partial charge in [0.05, 0.1) is 27.2 Å². The molecule has 4 aromatic rings. The van der Waals surface area contributed by atoms with Gasteiger partial charge in [0.15, 0.2) is 0 Å². The smallest absolute Gasteiger partial charge is 0.337 e. The van der Waals surface area contributed by atoms with Crippen LogP contribution < -0.4 is 11.1 Å². The zero-order chi connectivity index (χ0) is 19.0. The van der Waals surface area contributed by atoms with E-state index in [1.165, 1.54) is 17.1 Å². The fourth-order valence-electron chi connectivity index (χ4n) is 2.64. The first-order valence-electron chi connectivity index (χ1n) is 7.74. The summed E-state index contributed by atoms with van der Waals surface area (Å²) >= 11 is 6.24. The number of pyridine rings is 1. The van der Waals surface area contributed by atoms with Gasteiger partial charge in [0, 0.05) is 18.5 Å². The van der Waals surface area contributed by atoms with Gasteiger partial charge in [0.25, 0.3) is 0 Å². The largest absolute Gasteiger partial charge is 0.478 e. The third-order valence-electron chi connectivity index (χ3n) is 3.81. The van der Waals surface area contributed by atoms with Crippen molar-refractivity contribution in [3.63, 3.8) is 0 Å². The summed E-state index contributed by atoms with van der Waals surface area (Å²) in [7, 11) is 0. The van der Waals surface area contributed by atoms with Crippen molar-refractivity contribution in [3.8, 4) is 5.69 Å². The molecule has 4 N–H and O–H groups in total. The molecule has 0 radical (unpaired) electrons. The molecular weight excluding hydrogens is 370 g/mol. The number of carbonyl (C=O) groups is 1. The zero-order valence-corrected chi connectivity index (χ0v) is 14.4. The predicted octanol–water partition coefficient (Wildman–Crippen LogP) is 2.89. The Kier molecular flexibility index (Phi) is 4.05. The predicted molar refractivity (Wildman–Crippen MR) is 101 cm³/mol. The van der Waals surface area contributed by atoms with Crippen molar-refractivity contribution in [1.29, 1.82) is 0 Å². The number of hydrogen-bond acceptors (Lipinski definition) is 7. The van der Waals surface area contributed by atoms with E-state index in [2.05, 4.69) is 25.4 Å². The Morgan fingerprint density at radius 3 is 2.85 bits per heavy atom. The van der Waals surface area contributed by atoms with E-state index in [1.54, 1.807) is 36.7 Å². The molecule has 0 saturated heterocycles. The number of nitrogens with zero attached hydrogens (tertiary/aromatic N) is 5. The highest BCUT2D eigenvalue weighted by molar-refractivity contribution is 6.33. The van der Waals surface area contributed by atoms with Crippen molar-refractivity contribution in [2.45, 2.75) is 0 Å². The third-order valence-corrected chi connectivity index (χ3v) is 4.12. The number of carboxylic acids is 1. The maximum atomic E-state index is 11.6. The number of para-hydroxylation sites is 1. The van der Waals surface area contributed by atoms with Crippen molar-refractivity contribution in [2.75, 3.05) is 11.1 Å². The molecule has 3 aromatic heterocycles. The number of halogens is 1. The molecule has 0 spiro atoms. The summed E-state index contributed by atoms with van der Waals surface area (Å²) in [6, 6.07) is 7.93. The van der Waals surface area contributed by atoms with E-state index in [4.69, 9.17) is 17.3 Å². The van der Waals surface area contributed by atoms with Crippen molar-refractivity contribution >= 4 is 45.9 Å². The number of rotatable bonds is 4. The van der Waals surface area contributed by atoms with Gasteiger partial charge in [-0.1, -0.05) is 17.7 Å². The Balaban J connectivity index is 1.84. The molecule has 0 atom stereocenters. The van der Waals surface area contributed by atoms with Crippen molar-refractivity contribution < 1.29 is 9.90 Å². The molecule has 3 heterocycles. The lowest BCUT2D eigenvalue weighted by Crippen LogP contribution is -2.06. The van der Waals surface area contributed by atoms with Crippen LogP contribution in [-0.4, -0.2) is 35.8 Å². The van der Waals surface area contributed by atoms with Gasteiger partial charge in [0.1, 0.15) is 23.8 Å². The van der Waals surface area contributed by atoms with Gasteiger partial charge in [0.2, 0.25) is 0 Å². The Hall–Kier alpha value is -3.72. The van der Waals surface area contributed by atoms with Gasteiger partial charge in [-0.15, -0.1) is 0 Å². The fourth-order valence-corrected chi connectivity index (χ4v) is 2.90. The summed E-state index contributed by atoms with van der Waals surface area (Å²) in [5, 5.41) is 17.9. The van der Waals surface area contributed by atoms with Crippen LogP contribution in [0.1, 0.15) is 10.4 Å². The maximum absolute atomic E-state index is 11.6. The number of benzene rings is 1. The van der Waals surface area contributed by atoms with Gasteiger partial charge >= 0.3 is 5.97 Å². The highest BCUT2D eigenvalue weighted by Crippen LogP contribution is 2.28. The Labute approximate surface area is 157 Å². The number of aromatic nitrogens is 5. The van der Waals surface area contributed by atoms with Gasteiger partial charge in [-0.25, -0.2) is 24.4 Å². The number of aromatic carboxylic acids is 1. The normalized spacial score (nSPS) is 10.9. The first-order valence-corrected chi connectivity index (χ1v) is 8.12. The number of nitrogens with two attached hydrogens (primary N) is 1. The Morgan fingerprint density at radius 2 is 2.07 bits per heavy atom. The van der Waals surface area contributed by atoms with Crippen LogP contribution in [0.15, 0.2) is 49.1 Å². The molecule has 1 aromatic carbocycles. The molecule has 9 nitrogen and oxygen atoms in total. The molecule has 0 saturated carbocycles. The highest BCUT2D eigenvalue weighted by atomic mass is 35.5. The first-order chi connectivity index (χ1) is 13.0. The second-order valence-corrected chi connectivity index (χ2v) is 5.97. The van der Waals surface area contributed by atoms with E-state index in [0.717, 1.165) is 0 Å². The summed E-state index contributed by atoms with van der Waals surface area (Å²) in [6.45, 7) is 0. The SMILES string of the molecule is Nc1cc(Nc2nccc3nn(-c4c(Cl)cccc4C(=O)O)cc23)ncn1. The van der Waals surface area contributed by atoms with E-state index in [1.807, 2.05) is 0 Å². The molecule has 134 valence electrons. The summed E-state index contributed by atoms with van der Waals surface area (Å²) in [5.41, 5.74) is 6.59. The topological polar surface area (TPSA) is 132 Å². The van der Waals surface area contributed by atoms with Crippen LogP contribution in [0.2, 0.25) is 5.02 Å². The lowest BCUT2D eigenvalue weighted by Gasteiger charge is -2.07. The van der Waals surface area contributed by atoms with E-state index < -0.39 is 5.97 Å². The molecule has 0 bridgehead atoms. The highest BCUT2D eigenvalue weighted by Gasteiger charge is 2.17. The number of anilines is 3. The Bertz CT molecular complexity index is 1180. The first kappa shape index (κ1) is 16.7. The van der Waals surface area contributed by atoms with Crippen molar-refractivity contribution in [1.82, 2.24) is 24.7 Å². The van der Waals surface area contributed by atoms with Crippen LogP contribution >= 0.6 is 11.6 Å². The van der Waals surface area contributed by atoms with Gasteiger partial charge < -0.3 is 16.2 Å². The average molecular weight is 382 g/mol. The quantitative estimate of drug-likeness (QED) is 0.491. The molecule has 0 aliphatic heterocycles. The van der Waals surface area contributed by atoms with Crippen LogP contribution in [0.25, 0.3) is 16.6 Å². The lowest BCUT2D eigenvalue weighted by atomic mass is 10.2. The van der Waals surface area contributed by atoms with Crippen molar-refractivity contribution in [3.05, 3.63) is 59.6 Å². The number of fused-ring (bicyclic) bond motifs is 1. The van der Waals surface area contributed by atoms with Crippen LogP contribution in [0, 0.1) is 0 Å². The third kappa shape index (κ3) is 3.11. The minimum atomic E-state index is -1.10. The van der Waals surface area contributed by atoms with Gasteiger partial charge in [-0.05, 0) is 18.2 Å². The minimum absolute atomic E-state index is 0.0429. The van der Waals surface area contributed by atoms with Crippen LogP contribution in [-0.2, 0) is 0 Å². The van der Waals surface area contributed by atoms with E-state index in [0.29, 0.717) is 28.4 Å². The molecular formula is C17H12ClN7O2.